The maximum Gasteiger partial charge on any atom is 0.472 e. The Morgan fingerprint density at radius 1 is 0.275 bits per heavy atom. The molecule has 0 radical (unpaired) electrons. The van der Waals surface area contributed by atoms with Gasteiger partial charge < -0.3 is 33.8 Å². The second kappa shape index (κ2) is 76.0. The number of esters is 4. The fourth-order valence-corrected chi connectivity index (χ4v) is 13.2. The van der Waals surface area contributed by atoms with Crippen molar-refractivity contribution in [3.8, 4) is 0 Å². The Kier molecular flexibility index (Phi) is 73.6. The molecule has 0 bridgehead atoms. The number of aliphatic hydroxyl groups excluding tert-OH is 1. The molecule has 0 aliphatic carbocycles. The van der Waals surface area contributed by atoms with Crippen LogP contribution >= 0.6 is 15.6 Å². The Hall–Kier alpha value is -3.24. The summed E-state index contributed by atoms with van der Waals surface area (Å²) in [5, 5.41) is 10.6. The van der Waals surface area contributed by atoms with E-state index in [4.69, 9.17) is 37.0 Å². The summed E-state index contributed by atoms with van der Waals surface area (Å²) in [5.74, 6) is -2.17. The number of unbranched alkanes of at least 4 members (excludes halogenated alkanes) is 43. The zero-order valence-corrected chi connectivity index (χ0v) is 67.1. The first-order valence-corrected chi connectivity index (χ1v) is 44.5. The summed E-state index contributed by atoms with van der Waals surface area (Å²) in [7, 11) is -9.95. The molecule has 5 atom stereocenters. The van der Waals surface area contributed by atoms with Crippen LogP contribution in [-0.4, -0.2) is 96.7 Å². The Morgan fingerprint density at radius 2 is 0.480 bits per heavy atom. The fraction of sp³-hybridized carbons (Fsp3) is 0.831. The monoisotopic (exact) mass is 1480 g/mol. The van der Waals surface area contributed by atoms with E-state index in [0.717, 1.165) is 154 Å². The highest BCUT2D eigenvalue weighted by Crippen LogP contribution is 2.45. The maximum atomic E-state index is 13.1. The smallest absolute Gasteiger partial charge is 0.462 e. The van der Waals surface area contributed by atoms with Gasteiger partial charge in [-0.25, -0.2) is 9.13 Å². The van der Waals surface area contributed by atoms with Crippen LogP contribution in [-0.2, 0) is 65.4 Å². The van der Waals surface area contributed by atoms with Crippen molar-refractivity contribution in [3.05, 3.63) is 60.8 Å². The lowest BCUT2D eigenvalue weighted by Gasteiger charge is -2.21. The standard InChI is InChI=1S/C83H152O17P2/c1-5-9-13-17-21-25-29-33-36-37-38-39-42-45-48-52-56-60-64-68-81(86)94-74-79(100-83(88)70-66-62-58-54-50-46-41-35-31-27-23-19-15-11-7-3)76-98-102(91,92)96-72-77(84)71-95-101(89,90)97-75-78(99-82(87)69-65-61-57-53-49-43-32-28-24-20-16-12-8-4)73-93-80(85)67-63-59-55-51-47-44-40-34-30-26-22-18-14-10-6-2/h21,25,28,32-33,35-36,38-39,41,77-79,84H,5-20,22-24,26-27,29-31,34,37,40,42-76H2,1-4H3,(H,89,90)(H,91,92)/b25-21-,32-28-,36-33-,39-38-,41-35-. The highest BCUT2D eigenvalue weighted by Gasteiger charge is 2.30. The van der Waals surface area contributed by atoms with E-state index in [0.29, 0.717) is 25.7 Å². The normalized spacial score (nSPS) is 14.1. The van der Waals surface area contributed by atoms with Crippen LogP contribution < -0.4 is 0 Å². The minimum atomic E-state index is -4.98. The molecule has 0 saturated carbocycles. The maximum absolute atomic E-state index is 13.1. The summed E-state index contributed by atoms with van der Waals surface area (Å²) < 4.78 is 68.7. The van der Waals surface area contributed by atoms with Crippen molar-refractivity contribution in [1.29, 1.82) is 0 Å². The zero-order chi connectivity index (χ0) is 74.6. The number of phosphoric acid groups is 2. The summed E-state index contributed by atoms with van der Waals surface area (Å²) in [4.78, 5) is 73.1. The van der Waals surface area contributed by atoms with Crippen molar-refractivity contribution in [2.75, 3.05) is 39.6 Å². The second-order valence-corrected chi connectivity index (χ2v) is 31.0. The molecule has 0 aliphatic rings. The summed E-state index contributed by atoms with van der Waals surface area (Å²) in [6.07, 6.45) is 76.1. The lowest BCUT2D eigenvalue weighted by molar-refractivity contribution is -0.161. The molecule has 0 aliphatic heterocycles. The molecule has 19 heteroatoms. The first-order chi connectivity index (χ1) is 49.7. The SMILES string of the molecule is CCCCC/C=C\C/C=C\C/C=C\CCCCCCCCC(=O)OCC(COP(=O)(O)OCC(O)COP(=O)(O)OCC(COC(=O)CCCCCCCCCCCCCCCCC)OC(=O)CCCCCCC/C=C\CCCCCC)OC(=O)CCCCCCC/C=C\CCCCCCCC. The Bertz CT molecular complexity index is 2170. The van der Waals surface area contributed by atoms with Crippen LogP contribution in [0.3, 0.4) is 0 Å². The lowest BCUT2D eigenvalue weighted by atomic mass is 10.0. The molecule has 5 unspecified atom stereocenters. The van der Waals surface area contributed by atoms with Gasteiger partial charge in [-0.15, -0.1) is 0 Å². The van der Waals surface area contributed by atoms with Gasteiger partial charge in [0.1, 0.15) is 19.3 Å². The predicted molar refractivity (Wildman–Crippen MR) is 418 cm³/mol. The van der Waals surface area contributed by atoms with E-state index in [1.165, 1.54) is 154 Å². The van der Waals surface area contributed by atoms with Gasteiger partial charge >= 0.3 is 39.5 Å². The van der Waals surface area contributed by atoms with Gasteiger partial charge in [-0.2, -0.15) is 0 Å². The van der Waals surface area contributed by atoms with Gasteiger partial charge in [0.15, 0.2) is 12.2 Å². The summed E-state index contributed by atoms with van der Waals surface area (Å²) in [5.41, 5.74) is 0. The van der Waals surface area contributed by atoms with E-state index in [1.807, 2.05) is 0 Å². The van der Waals surface area contributed by atoms with E-state index in [9.17, 15) is 43.2 Å². The molecule has 0 aromatic rings. The summed E-state index contributed by atoms with van der Waals surface area (Å²) in [6, 6.07) is 0. The molecule has 102 heavy (non-hydrogen) atoms. The van der Waals surface area contributed by atoms with Gasteiger partial charge in [-0.05, 0) is 116 Å². The molecule has 0 saturated heterocycles. The van der Waals surface area contributed by atoms with E-state index in [-0.39, 0.29) is 25.7 Å². The van der Waals surface area contributed by atoms with Crippen molar-refractivity contribution in [1.82, 2.24) is 0 Å². The van der Waals surface area contributed by atoms with Gasteiger partial charge in [-0.3, -0.25) is 37.3 Å². The Balaban J connectivity index is 5.32. The number of phosphoric ester groups is 2. The Morgan fingerprint density at radius 3 is 0.775 bits per heavy atom. The van der Waals surface area contributed by atoms with Crippen molar-refractivity contribution in [2.24, 2.45) is 0 Å². The molecular formula is C83H152O17P2. The molecule has 0 amide bonds. The number of ether oxygens (including phenoxy) is 4. The molecule has 0 rings (SSSR count). The predicted octanol–water partition coefficient (Wildman–Crippen LogP) is 24.2. The highest BCUT2D eigenvalue weighted by atomic mass is 31.2. The molecule has 0 aromatic heterocycles. The number of aliphatic hydroxyl groups is 1. The molecule has 0 spiro atoms. The van der Waals surface area contributed by atoms with Gasteiger partial charge in [0.05, 0.1) is 26.4 Å². The molecule has 3 N–H and O–H groups in total. The van der Waals surface area contributed by atoms with Crippen LogP contribution in [0, 0.1) is 0 Å². The average molecular weight is 1480 g/mol. The molecule has 0 heterocycles. The van der Waals surface area contributed by atoms with Gasteiger partial charge in [0, 0.05) is 25.7 Å². The van der Waals surface area contributed by atoms with Crippen LogP contribution in [0.1, 0.15) is 387 Å². The van der Waals surface area contributed by atoms with Crippen molar-refractivity contribution >= 4 is 39.5 Å². The number of hydrogen-bond donors (Lipinski definition) is 3. The van der Waals surface area contributed by atoms with E-state index in [2.05, 4.69) is 88.5 Å². The quantitative estimate of drug-likeness (QED) is 0.0169. The van der Waals surface area contributed by atoms with Crippen LogP contribution in [0.25, 0.3) is 0 Å². The number of hydrogen-bond acceptors (Lipinski definition) is 15. The second-order valence-electron chi connectivity index (χ2n) is 28.1. The molecule has 0 aromatic carbocycles. The number of rotatable bonds is 79. The van der Waals surface area contributed by atoms with E-state index < -0.39 is 97.5 Å². The average Bonchev–Trinajstić information content (AvgIpc) is 0.924. The van der Waals surface area contributed by atoms with Gasteiger partial charge in [0.2, 0.25) is 0 Å². The molecular weight excluding hydrogens is 1330 g/mol. The Labute approximate surface area is 622 Å². The highest BCUT2D eigenvalue weighted by molar-refractivity contribution is 7.47. The van der Waals surface area contributed by atoms with Crippen LogP contribution in [0.2, 0.25) is 0 Å². The summed E-state index contributed by atoms with van der Waals surface area (Å²) in [6.45, 7) is 4.88. The minimum absolute atomic E-state index is 0.0858. The molecule has 0 fully saturated rings. The van der Waals surface area contributed by atoms with Crippen LogP contribution in [0.5, 0.6) is 0 Å². The first-order valence-electron chi connectivity index (χ1n) is 41.5. The third-order valence-electron chi connectivity index (χ3n) is 18.0. The fourth-order valence-electron chi connectivity index (χ4n) is 11.6. The van der Waals surface area contributed by atoms with Crippen molar-refractivity contribution in [2.45, 2.75) is 406 Å². The zero-order valence-electron chi connectivity index (χ0n) is 65.3. The van der Waals surface area contributed by atoms with Crippen LogP contribution in [0.4, 0.5) is 0 Å². The molecule has 596 valence electrons. The van der Waals surface area contributed by atoms with Crippen molar-refractivity contribution in [3.63, 3.8) is 0 Å². The van der Waals surface area contributed by atoms with Crippen LogP contribution in [0.15, 0.2) is 60.8 Å². The summed E-state index contributed by atoms with van der Waals surface area (Å²) >= 11 is 0. The van der Waals surface area contributed by atoms with Gasteiger partial charge in [0.25, 0.3) is 0 Å². The number of carbonyl (C=O) groups excluding carboxylic acids is 4. The van der Waals surface area contributed by atoms with Crippen molar-refractivity contribution < 1.29 is 80.2 Å². The number of carbonyl (C=O) groups is 4. The largest absolute Gasteiger partial charge is 0.472 e. The topological polar surface area (TPSA) is 237 Å². The molecule has 17 nitrogen and oxygen atoms in total. The lowest BCUT2D eigenvalue weighted by Crippen LogP contribution is -2.30. The minimum Gasteiger partial charge on any atom is -0.462 e. The van der Waals surface area contributed by atoms with Gasteiger partial charge in [-0.1, -0.05) is 307 Å². The third kappa shape index (κ3) is 75.0. The first kappa shape index (κ1) is 98.8. The number of allylic oxidation sites excluding steroid dienone is 10. The van der Waals surface area contributed by atoms with E-state index in [1.54, 1.807) is 0 Å². The third-order valence-corrected chi connectivity index (χ3v) is 19.9. The van der Waals surface area contributed by atoms with E-state index >= 15 is 0 Å².